The van der Waals surface area contributed by atoms with E-state index in [0.717, 1.165) is 28.5 Å². The third-order valence-electron chi connectivity index (χ3n) is 3.68. The van der Waals surface area contributed by atoms with Gasteiger partial charge in [0.25, 0.3) is 0 Å². The zero-order valence-electron chi connectivity index (χ0n) is 14.2. The van der Waals surface area contributed by atoms with Crippen LogP contribution in [0.5, 0.6) is 0 Å². The lowest BCUT2D eigenvalue weighted by Gasteiger charge is -2.23. The highest BCUT2D eigenvalue weighted by Gasteiger charge is 2.12. The minimum absolute atomic E-state index is 0. The average molecular weight is 477 g/mol. The number of nitrogens with zero attached hydrogens (tertiary/aromatic N) is 2. The van der Waals surface area contributed by atoms with Crippen molar-refractivity contribution in [3.63, 3.8) is 0 Å². The first-order valence-electron chi connectivity index (χ1n) is 7.47. The molecule has 0 atom stereocenters. The molecule has 0 radical (unpaired) electrons. The lowest BCUT2D eigenvalue weighted by molar-refractivity contribution is -0.870. The number of likely N-dealkylation sites (N-methyl/N-ethyl adjacent to an activating group) is 1. The molecular formula is C18H26BrIN2. The molecular weight excluding hydrogens is 451 g/mol. The van der Waals surface area contributed by atoms with E-state index in [4.69, 9.17) is 0 Å². The first kappa shape index (κ1) is 19.7. The van der Waals surface area contributed by atoms with E-state index in [0.29, 0.717) is 0 Å². The van der Waals surface area contributed by atoms with Crippen LogP contribution >= 0.6 is 15.9 Å². The van der Waals surface area contributed by atoms with Gasteiger partial charge in [-0.05, 0) is 31.5 Å². The third kappa shape index (κ3) is 5.39. The molecule has 2 rings (SSSR count). The molecule has 0 spiro atoms. The van der Waals surface area contributed by atoms with Gasteiger partial charge in [0.1, 0.15) is 0 Å². The standard InChI is InChI=1S/C18H26BrN2.HI/c1-14(2)8-10-20-13-15(9-11-21(3,4)5)17-7-6-16(19)12-18(17)20;/h6-8,12-13H,9-11H2,1-5H3;1H/q+1;/p-1. The van der Waals surface area contributed by atoms with Crippen molar-refractivity contribution >= 4 is 26.8 Å². The molecule has 0 fully saturated rings. The van der Waals surface area contributed by atoms with Crippen molar-refractivity contribution in [1.82, 2.24) is 4.57 Å². The van der Waals surface area contributed by atoms with Gasteiger partial charge < -0.3 is 33.0 Å². The first-order valence-corrected chi connectivity index (χ1v) is 8.27. The zero-order valence-corrected chi connectivity index (χ0v) is 17.9. The van der Waals surface area contributed by atoms with Gasteiger partial charge in [-0.25, -0.2) is 0 Å². The number of aromatic nitrogens is 1. The summed E-state index contributed by atoms with van der Waals surface area (Å²) in [5.74, 6) is 0. The molecule has 0 saturated carbocycles. The maximum Gasteiger partial charge on any atom is 0.0822 e. The van der Waals surface area contributed by atoms with Crippen LogP contribution in [0.25, 0.3) is 10.9 Å². The molecule has 0 aliphatic rings. The maximum absolute atomic E-state index is 3.59. The van der Waals surface area contributed by atoms with Crippen molar-refractivity contribution in [2.75, 3.05) is 27.7 Å². The van der Waals surface area contributed by atoms with Crippen LogP contribution < -0.4 is 24.0 Å². The van der Waals surface area contributed by atoms with Crippen molar-refractivity contribution in [2.45, 2.75) is 26.8 Å². The Labute approximate surface area is 159 Å². The van der Waals surface area contributed by atoms with E-state index >= 15 is 0 Å². The Bertz CT molecular complexity index is 662. The van der Waals surface area contributed by atoms with Gasteiger partial charge in [0.15, 0.2) is 0 Å². The summed E-state index contributed by atoms with van der Waals surface area (Å²) in [5.41, 5.74) is 4.13. The number of fused-ring (bicyclic) bond motifs is 1. The topological polar surface area (TPSA) is 4.93 Å². The molecule has 122 valence electrons. The fourth-order valence-corrected chi connectivity index (χ4v) is 2.78. The van der Waals surface area contributed by atoms with Crippen LogP contribution in [0.15, 0.2) is 40.5 Å². The number of hydrogen-bond acceptors (Lipinski definition) is 0. The smallest absolute Gasteiger partial charge is 0.0822 e. The van der Waals surface area contributed by atoms with Crippen LogP contribution in [-0.4, -0.2) is 36.7 Å². The van der Waals surface area contributed by atoms with Gasteiger partial charge in [-0.1, -0.05) is 33.6 Å². The molecule has 1 heterocycles. The molecule has 2 nitrogen and oxygen atoms in total. The maximum atomic E-state index is 3.59. The van der Waals surface area contributed by atoms with Gasteiger partial charge in [-0.2, -0.15) is 0 Å². The summed E-state index contributed by atoms with van der Waals surface area (Å²) in [6, 6.07) is 6.61. The second kappa shape index (κ2) is 7.97. The molecule has 0 amide bonds. The van der Waals surface area contributed by atoms with Crippen LogP contribution in [0.1, 0.15) is 19.4 Å². The second-order valence-corrected chi connectivity index (χ2v) is 7.93. The minimum atomic E-state index is 0. The Balaban J connectivity index is 0.00000242. The minimum Gasteiger partial charge on any atom is -1.00 e. The lowest BCUT2D eigenvalue weighted by atomic mass is 10.1. The van der Waals surface area contributed by atoms with E-state index in [1.807, 2.05) is 0 Å². The SMILES string of the molecule is CC(C)=CCn1cc(CC[N+](C)(C)C)c2ccc(Br)cc21.[I-]. The number of hydrogen-bond donors (Lipinski definition) is 0. The molecule has 0 aliphatic heterocycles. The Kier molecular flexibility index (Phi) is 7.15. The summed E-state index contributed by atoms with van der Waals surface area (Å²) >= 11 is 3.59. The van der Waals surface area contributed by atoms with E-state index in [2.05, 4.69) is 86.0 Å². The fourth-order valence-electron chi connectivity index (χ4n) is 2.43. The molecule has 2 aromatic rings. The molecule has 0 saturated heterocycles. The molecule has 0 unspecified atom stereocenters. The Morgan fingerprint density at radius 3 is 2.50 bits per heavy atom. The quantitative estimate of drug-likeness (QED) is 0.351. The highest BCUT2D eigenvalue weighted by molar-refractivity contribution is 9.10. The number of quaternary nitrogens is 1. The molecule has 22 heavy (non-hydrogen) atoms. The van der Waals surface area contributed by atoms with E-state index in [1.54, 1.807) is 0 Å². The van der Waals surface area contributed by atoms with Gasteiger partial charge >= 0.3 is 0 Å². The predicted octanol–water partition coefficient (Wildman–Crippen LogP) is 1.62. The Hall–Kier alpha value is -0.330. The third-order valence-corrected chi connectivity index (χ3v) is 4.17. The van der Waals surface area contributed by atoms with Gasteiger partial charge in [0, 0.05) is 34.5 Å². The second-order valence-electron chi connectivity index (χ2n) is 7.01. The first-order chi connectivity index (χ1) is 9.76. The van der Waals surface area contributed by atoms with Crippen LogP contribution in [0.2, 0.25) is 0 Å². The molecule has 0 aliphatic carbocycles. The summed E-state index contributed by atoms with van der Waals surface area (Å²) < 4.78 is 4.50. The lowest BCUT2D eigenvalue weighted by Crippen LogP contribution is -3.00. The molecule has 1 aromatic heterocycles. The predicted molar refractivity (Wildman–Crippen MR) is 95.7 cm³/mol. The van der Waals surface area contributed by atoms with Gasteiger partial charge in [0.05, 0.1) is 27.7 Å². The number of allylic oxidation sites excluding steroid dienone is 2. The molecule has 0 bridgehead atoms. The normalized spacial score (nSPS) is 11.4. The van der Waals surface area contributed by atoms with Crippen LogP contribution in [-0.2, 0) is 13.0 Å². The number of halogens is 2. The van der Waals surface area contributed by atoms with E-state index < -0.39 is 0 Å². The van der Waals surface area contributed by atoms with Crippen molar-refractivity contribution < 1.29 is 28.5 Å². The van der Waals surface area contributed by atoms with E-state index in [9.17, 15) is 0 Å². The average Bonchev–Trinajstić information content (AvgIpc) is 2.70. The van der Waals surface area contributed by atoms with E-state index in [-0.39, 0.29) is 24.0 Å². The van der Waals surface area contributed by atoms with Gasteiger partial charge in [0.2, 0.25) is 0 Å². The summed E-state index contributed by atoms with van der Waals surface area (Å²) in [7, 11) is 6.75. The van der Waals surface area contributed by atoms with Crippen molar-refractivity contribution in [2.24, 2.45) is 0 Å². The van der Waals surface area contributed by atoms with Gasteiger partial charge in [-0.3, -0.25) is 0 Å². The fraction of sp³-hybridized carbons (Fsp3) is 0.444. The molecule has 0 N–H and O–H groups in total. The highest BCUT2D eigenvalue weighted by atomic mass is 127. The molecule has 4 heteroatoms. The number of rotatable bonds is 5. The largest absolute Gasteiger partial charge is 1.00 e. The van der Waals surface area contributed by atoms with Crippen LogP contribution in [0.3, 0.4) is 0 Å². The van der Waals surface area contributed by atoms with Crippen LogP contribution in [0, 0.1) is 0 Å². The summed E-state index contributed by atoms with van der Waals surface area (Å²) in [6.45, 7) is 6.40. The Morgan fingerprint density at radius 1 is 1.23 bits per heavy atom. The van der Waals surface area contributed by atoms with Gasteiger partial charge in [-0.15, -0.1) is 0 Å². The van der Waals surface area contributed by atoms with E-state index in [1.165, 1.54) is 22.0 Å². The summed E-state index contributed by atoms with van der Waals surface area (Å²) in [6.07, 6.45) is 5.72. The highest BCUT2D eigenvalue weighted by Crippen LogP contribution is 2.26. The Morgan fingerprint density at radius 2 is 1.91 bits per heavy atom. The monoisotopic (exact) mass is 476 g/mol. The zero-order chi connectivity index (χ0) is 15.6. The van der Waals surface area contributed by atoms with Crippen LogP contribution in [0.4, 0.5) is 0 Å². The molecule has 1 aromatic carbocycles. The number of benzene rings is 1. The van der Waals surface area contributed by atoms with Crippen molar-refractivity contribution in [3.8, 4) is 0 Å². The summed E-state index contributed by atoms with van der Waals surface area (Å²) in [4.78, 5) is 0. The van der Waals surface area contributed by atoms with Crippen molar-refractivity contribution in [1.29, 1.82) is 0 Å². The summed E-state index contributed by atoms with van der Waals surface area (Å²) in [5, 5.41) is 1.38. The van der Waals surface area contributed by atoms with Crippen molar-refractivity contribution in [3.05, 3.63) is 46.1 Å².